The van der Waals surface area contributed by atoms with E-state index in [0.717, 1.165) is 16.9 Å². The fourth-order valence-corrected chi connectivity index (χ4v) is 3.36. The summed E-state index contributed by atoms with van der Waals surface area (Å²) in [4.78, 5) is 28.1. The van der Waals surface area contributed by atoms with Gasteiger partial charge in [-0.25, -0.2) is 4.98 Å². The maximum atomic E-state index is 12.6. The number of carbonyl (C=O) groups excluding carboxylic acids is 2. The number of hydrogen-bond donors (Lipinski definition) is 2. The second-order valence-electron chi connectivity index (χ2n) is 6.05. The minimum Gasteiger partial charge on any atom is -0.493 e. The number of rotatable bonds is 7. The zero-order chi connectivity index (χ0) is 20.8. The average molecular weight is 411 g/mol. The number of amides is 2. The Bertz CT molecular complexity index is 1020. The molecule has 0 aliphatic heterocycles. The molecule has 1 aromatic heterocycles. The van der Waals surface area contributed by atoms with Crippen LogP contribution < -0.4 is 20.1 Å². The first-order valence-corrected chi connectivity index (χ1v) is 9.84. The number of benzene rings is 2. The maximum Gasteiger partial charge on any atom is 0.257 e. The van der Waals surface area contributed by atoms with E-state index in [-0.39, 0.29) is 11.8 Å². The number of nitrogens with one attached hydrogen (secondary N) is 2. The number of hydrogen-bond acceptors (Lipinski definition) is 6. The highest BCUT2D eigenvalue weighted by molar-refractivity contribution is 7.14. The number of carbonyl (C=O) groups is 2. The highest BCUT2D eigenvalue weighted by Gasteiger charge is 2.13. The predicted molar refractivity (Wildman–Crippen MR) is 114 cm³/mol. The predicted octanol–water partition coefficient (Wildman–Crippen LogP) is 4.43. The molecule has 0 bridgehead atoms. The Morgan fingerprint density at radius 2 is 1.83 bits per heavy atom. The zero-order valence-corrected chi connectivity index (χ0v) is 17.1. The normalized spacial score (nSPS) is 10.3. The van der Waals surface area contributed by atoms with Crippen molar-refractivity contribution in [3.05, 3.63) is 53.4 Å². The van der Waals surface area contributed by atoms with Gasteiger partial charge in [0.1, 0.15) is 0 Å². The number of anilines is 2. The molecule has 29 heavy (non-hydrogen) atoms. The molecule has 0 fully saturated rings. The van der Waals surface area contributed by atoms with E-state index < -0.39 is 0 Å². The van der Waals surface area contributed by atoms with Crippen LogP contribution >= 0.6 is 11.3 Å². The van der Waals surface area contributed by atoms with Crippen LogP contribution in [0.25, 0.3) is 11.3 Å². The first-order chi connectivity index (χ1) is 14.0. The number of nitrogens with zero attached hydrogens (tertiary/aromatic N) is 1. The highest BCUT2D eigenvalue weighted by atomic mass is 32.1. The third kappa shape index (κ3) is 5.11. The number of thiazole rings is 1. The smallest absolute Gasteiger partial charge is 0.257 e. The lowest BCUT2D eigenvalue weighted by molar-refractivity contribution is -0.114. The van der Waals surface area contributed by atoms with Crippen molar-refractivity contribution in [2.75, 3.05) is 24.4 Å². The van der Waals surface area contributed by atoms with Crippen molar-refractivity contribution in [3.8, 4) is 22.8 Å². The van der Waals surface area contributed by atoms with Crippen LogP contribution in [0.1, 0.15) is 24.2 Å². The molecule has 150 valence electrons. The SMILES string of the molecule is CCOc1ccc(C(=O)Nc2nc(-c3ccc(NC(C)=O)cc3)cs2)cc1OC. The van der Waals surface area contributed by atoms with Crippen LogP contribution in [-0.2, 0) is 4.79 Å². The third-order valence-electron chi connectivity index (χ3n) is 3.95. The van der Waals surface area contributed by atoms with Gasteiger partial charge in [0, 0.05) is 29.1 Å². The molecule has 0 aliphatic rings. The zero-order valence-electron chi connectivity index (χ0n) is 16.3. The maximum absolute atomic E-state index is 12.6. The van der Waals surface area contributed by atoms with Crippen LogP contribution in [0.2, 0.25) is 0 Å². The van der Waals surface area contributed by atoms with Crippen LogP contribution in [0.15, 0.2) is 47.8 Å². The topological polar surface area (TPSA) is 89.5 Å². The molecule has 0 atom stereocenters. The molecule has 0 aliphatic carbocycles. The molecule has 0 spiro atoms. The van der Waals surface area contributed by atoms with E-state index in [2.05, 4.69) is 15.6 Å². The Morgan fingerprint density at radius 1 is 1.07 bits per heavy atom. The van der Waals surface area contributed by atoms with Gasteiger partial charge in [-0.3, -0.25) is 14.9 Å². The summed E-state index contributed by atoms with van der Waals surface area (Å²) in [5, 5.41) is 7.88. The van der Waals surface area contributed by atoms with E-state index in [0.29, 0.717) is 28.8 Å². The summed E-state index contributed by atoms with van der Waals surface area (Å²) < 4.78 is 10.8. The Balaban J connectivity index is 1.71. The summed E-state index contributed by atoms with van der Waals surface area (Å²) in [6.07, 6.45) is 0. The molecule has 2 amide bonds. The van der Waals surface area contributed by atoms with Gasteiger partial charge in [0.15, 0.2) is 16.6 Å². The number of ether oxygens (including phenoxy) is 2. The minimum atomic E-state index is -0.284. The molecule has 2 aromatic carbocycles. The van der Waals surface area contributed by atoms with E-state index in [9.17, 15) is 9.59 Å². The molecule has 7 nitrogen and oxygen atoms in total. The van der Waals surface area contributed by atoms with Gasteiger partial charge in [-0.2, -0.15) is 0 Å². The van der Waals surface area contributed by atoms with Crippen LogP contribution in [-0.4, -0.2) is 30.5 Å². The first kappa shape index (κ1) is 20.3. The van der Waals surface area contributed by atoms with E-state index in [4.69, 9.17) is 9.47 Å². The fourth-order valence-electron chi connectivity index (χ4n) is 2.64. The second-order valence-corrected chi connectivity index (χ2v) is 6.91. The van der Waals surface area contributed by atoms with Crippen LogP contribution in [0.3, 0.4) is 0 Å². The van der Waals surface area contributed by atoms with Crippen molar-refractivity contribution < 1.29 is 19.1 Å². The largest absolute Gasteiger partial charge is 0.493 e. The number of aromatic nitrogens is 1. The fraction of sp³-hybridized carbons (Fsp3) is 0.190. The van der Waals surface area contributed by atoms with E-state index >= 15 is 0 Å². The van der Waals surface area contributed by atoms with Crippen molar-refractivity contribution in [3.63, 3.8) is 0 Å². The summed E-state index contributed by atoms with van der Waals surface area (Å²) in [7, 11) is 1.53. The highest BCUT2D eigenvalue weighted by Crippen LogP contribution is 2.29. The third-order valence-corrected chi connectivity index (χ3v) is 4.71. The van der Waals surface area contributed by atoms with E-state index in [1.807, 2.05) is 24.4 Å². The van der Waals surface area contributed by atoms with Gasteiger partial charge in [0.05, 0.1) is 19.4 Å². The van der Waals surface area contributed by atoms with E-state index in [1.54, 1.807) is 30.3 Å². The van der Waals surface area contributed by atoms with Crippen molar-refractivity contribution in [1.29, 1.82) is 0 Å². The average Bonchev–Trinajstić information content (AvgIpc) is 3.17. The Hall–Kier alpha value is -3.39. The van der Waals surface area contributed by atoms with Crippen molar-refractivity contribution >= 4 is 34.0 Å². The van der Waals surface area contributed by atoms with Gasteiger partial charge < -0.3 is 14.8 Å². The summed E-state index contributed by atoms with van der Waals surface area (Å²) >= 11 is 1.33. The Labute approximate surface area is 172 Å². The summed E-state index contributed by atoms with van der Waals surface area (Å²) in [6.45, 7) is 3.85. The molecule has 0 saturated heterocycles. The Morgan fingerprint density at radius 3 is 2.48 bits per heavy atom. The molecule has 0 unspecified atom stereocenters. The second kappa shape index (κ2) is 9.20. The van der Waals surface area contributed by atoms with Gasteiger partial charge >= 0.3 is 0 Å². The van der Waals surface area contributed by atoms with Gasteiger partial charge in [-0.1, -0.05) is 12.1 Å². The minimum absolute atomic E-state index is 0.123. The van der Waals surface area contributed by atoms with Crippen LogP contribution in [0.5, 0.6) is 11.5 Å². The Kier molecular flexibility index (Phi) is 6.46. The van der Waals surface area contributed by atoms with Gasteiger partial charge in [-0.05, 0) is 37.3 Å². The molecular formula is C21H21N3O4S. The summed E-state index contributed by atoms with van der Waals surface area (Å²) in [6, 6.07) is 12.4. The molecule has 1 heterocycles. The molecule has 2 N–H and O–H groups in total. The summed E-state index contributed by atoms with van der Waals surface area (Å²) in [5.74, 6) is 0.681. The molecule has 3 rings (SSSR count). The van der Waals surface area contributed by atoms with Crippen LogP contribution in [0, 0.1) is 0 Å². The molecule has 8 heteroatoms. The van der Waals surface area contributed by atoms with Gasteiger partial charge in [0.2, 0.25) is 5.91 Å². The van der Waals surface area contributed by atoms with Crippen molar-refractivity contribution in [2.45, 2.75) is 13.8 Å². The quantitative estimate of drug-likeness (QED) is 0.600. The lowest BCUT2D eigenvalue weighted by atomic mass is 10.1. The standard InChI is InChI=1S/C21H21N3O4S/c1-4-28-18-10-7-15(11-19(18)27-3)20(26)24-21-23-17(12-29-21)14-5-8-16(9-6-14)22-13(2)25/h5-12H,4H2,1-3H3,(H,22,25)(H,23,24,26). The van der Waals surface area contributed by atoms with Gasteiger partial charge in [-0.15, -0.1) is 11.3 Å². The van der Waals surface area contributed by atoms with E-state index in [1.165, 1.54) is 25.4 Å². The first-order valence-electron chi connectivity index (χ1n) is 8.96. The van der Waals surface area contributed by atoms with Gasteiger partial charge in [0.25, 0.3) is 5.91 Å². The monoisotopic (exact) mass is 411 g/mol. The molecule has 0 radical (unpaired) electrons. The van der Waals surface area contributed by atoms with Crippen molar-refractivity contribution in [1.82, 2.24) is 4.98 Å². The number of methoxy groups -OCH3 is 1. The molecular weight excluding hydrogens is 390 g/mol. The summed E-state index contributed by atoms with van der Waals surface area (Å²) in [5.41, 5.74) is 2.79. The molecule has 0 saturated carbocycles. The molecule has 3 aromatic rings. The van der Waals surface area contributed by atoms with Crippen LogP contribution in [0.4, 0.5) is 10.8 Å². The van der Waals surface area contributed by atoms with Crippen molar-refractivity contribution in [2.24, 2.45) is 0 Å². The lowest BCUT2D eigenvalue weighted by Gasteiger charge is -2.10. The lowest BCUT2D eigenvalue weighted by Crippen LogP contribution is -2.12.